The van der Waals surface area contributed by atoms with Crippen molar-refractivity contribution in [3.63, 3.8) is 0 Å². The van der Waals surface area contributed by atoms with Gasteiger partial charge in [-0.1, -0.05) is 40.5 Å². The van der Waals surface area contributed by atoms with Crippen molar-refractivity contribution in [2.75, 3.05) is 73.2 Å². The number of thioether (sulfide) groups is 1. The van der Waals surface area contributed by atoms with E-state index in [1.54, 1.807) is 39.3 Å². The fourth-order valence-electron chi connectivity index (χ4n) is 6.95. The number of ether oxygens (including phenoxy) is 2. The number of hydrogen-bond acceptors (Lipinski definition) is 21. The molecule has 0 fully saturated rings. The zero-order valence-corrected chi connectivity index (χ0v) is 40.8. The van der Waals surface area contributed by atoms with E-state index in [0.29, 0.717) is 86.7 Å². The topological polar surface area (TPSA) is 237 Å². The Balaban J connectivity index is 1.32. The van der Waals surface area contributed by atoms with Gasteiger partial charge in [0.2, 0.25) is 22.2 Å². The molecule has 0 aliphatic heterocycles. The molecular weight excluding hydrogens is 923 g/mol. The molecule has 0 radical (unpaired) electrons. The molecule has 7 rings (SSSR count). The van der Waals surface area contributed by atoms with Crippen molar-refractivity contribution < 1.29 is 27.6 Å². The Morgan fingerprint density at radius 2 is 1.21 bits per heavy atom. The predicted octanol–water partition coefficient (Wildman–Crippen LogP) is 11.1. The van der Waals surface area contributed by atoms with Crippen LogP contribution < -0.4 is 29.9 Å². The third-order valence-electron chi connectivity index (χ3n) is 10.1. The molecule has 0 unspecified atom stereocenters. The molecule has 0 aliphatic carbocycles. The van der Waals surface area contributed by atoms with Crippen molar-refractivity contribution in [2.45, 2.75) is 51.6 Å². The number of rotatable bonds is 20. The summed E-state index contributed by atoms with van der Waals surface area (Å²) in [5.74, 6) is 1.73. The summed E-state index contributed by atoms with van der Waals surface area (Å²) in [5, 5.41) is 35.7. The van der Waals surface area contributed by atoms with Crippen LogP contribution in [-0.4, -0.2) is 95.8 Å². The quantitative estimate of drug-likeness (QED) is 0.0315. The van der Waals surface area contributed by atoms with Gasteiger partial charge in [0, 0.05) is 44.1 Å². The van der Waals surface area contributed by atoms with Crippen LogP contribution in [-0.2, 0) is 10.1 Å². The van der Waals surface area contributed by atoms with Crippen LogP contribution in [0.25, 0.3) is 20.4 Å². The number of nitrogens with zero attached hydrogens (tertiary/aromatic N) is 11. The molecular formula is C43H49N13O6S4. The summed E-state index contributed by atoms with van der Waals surface area (Å²) in [5.41, 5.74) is 5.98. The third kappa shape index (κ3) is 10.9. The number of anilines is 6. The lowest BCUT2D eigenvalue weighted by Gasteiger charge is -2.25. The molecule has 0 atom stereocenters. The molecule has 19 nitrogen and oxygen atoms in total. The minimum atomic E-state index is -4.56. The van der Waals surface area contributed by atoms with E-state index in [-0.39, 0.29) is 34.0 Å². The number of fused-ring (bicyclic) bond motifs is 2. The molecule has 4 aromatic carbocycles. The van der Waals surface area contributed by atoms with Crippen LogP contribution in [0.3, 0.4) is 0 Å². The van der Waals surface area contributed by atoms with E-state index in [1.165, 1.54) is 29.2 Å². The van der Waals surface area contributed by atoms with Crippen molar-refractivity contribution in [3.05, 3.63) is 65.7 Å². The first-order chi connectivity index (χ1) is 31.8. The monoisotopic (exact) mass is 971 g/mol. The normalized spacial score (nSPS) is 11.9. The van der Waals surface area contributed by atoms with Crippen LogP contribution in [0.15, 0.2) is 85.1 Å². The van der Waals surface area contributed by atoms with Gasteiger partial charge in [0.15, 0.2) is 5.16 Å². The average molecular weight is 972 g/mol. The number of aryl methyl sites for hydroxylation is 2. The van der Waals surface area contributed by atoms with E-state index in [0.717, 1.165) is 38.5 Å². The lowest BCUT2D eigenvalue weighted by Crippen LogP contribution is -2.22. The molecule has 346 valence electrons. The summed E-state index contributed by atoms with van der Waals surface area (Å²) < 4.78 is 47.6. The zero-order chi connectivity index (χ0) is 47.1. The Bertz CT molecular complexity index is 3040. The molecule has 0 aliphatic rings. The highest BCUT2D eigenvalue weighted by Gasteiger charge is 2.22. The van der Waals surface area contributed by atoms with Gasteiger partial charge in [0.25, 0.3) is 10.1 Å². The zero-order valence-electron chi connectivity index (χ0n) is 37.5. The number of aromatic nitrogens is 5. The van der Waals surface area contributed by atoms with Crippen LogP contribution in [0.4, 0.5) is 56.3 Å². The van der Waals surface area contributed by atoms with Gasteiger partial charge in [-0.05, 0) is 89.1 Å². The van der Waals surface area contributed by atoms with Gasteiger partial charge in [0.05, 0.1) is 58.5 Å². The third-order valence-corrected chi connectivity index (χ3v) is 13.6. The molecule has 66 heavy (non-hydrogen) atoms. The number of nitrogens with one attached hydrogen (secondary N) is 2. The lowest BCUT2D eigenvalue weighted by atomic mass is 10.2. The molecule has 0 spiro atoms. The number of benzene rings is 4. The van der Waals surface area contributed by atoms with Gasteiger partial charge in [-0.25, -0.2) is 9.97 Å². The maximum absolute atomic E-state index is 12.2. The molecule has 3 aromatic heterocycles. The van der Waals surface area contributed by atoms with Crippen molar-refractivity contribution in [2.24, 2.45) is 20.5 Å². The molecule has 0 bridgehead atoms. The molecule has 0 saturated carbocycles. The highest BCUT2D eigenvalue weighted by Crippen LogP contribution is 2.43. The summed E-state index contributed by atoms with van der Waals surface area (Å²) in [6, 6.07) is 16.5. The summed E-state index contributed by atoms with van der Waals surface area (Å²) >= 11 is 3.80. The van der Waals surface area contributed by atoms with Crippen molar-refractivity contribution in [3.8, 4) is 11.5 Å². The number of hydrogen-bond donors (Lipinski definition) is 4. The van der Waals surface area contributed by atoms with Gasteiger partial charge < -0.3 is 35.0 Å². The van der Waals surface area contributed by atoms with Gasteiger partial charge in [-0.2, -0.15) is 23.4 Å². The molecule has 7 aromatic rings. The second-order valence-electron chi connectivity index (χ2n) is 14.5. The SMILES string of the molecule is CCN(CC)c1cc(Nc2nc(Nc3cc(N(CC)CC)c(OC)cc3/N=N/c3nc4c(S(=O)(=O)O)cc(C)cc4s3)nc(SCCO)n2)c(/N=N/c2nc3ccc(C)cc3s2)cc1OC. The Labute approximate surface area is 394 Å². The van der Waals surface area contributed by atoms with Crippen molar-refractivity contribution >= 4 is 121 Å². The van der Waals surface area contributed by atoms with Crippen molar-refractivity contribution in [1.82, 2.24) is 24.9 Å². The first-order valence-corrected chi connectivity index (χ1v) is 24.9. The number of aliphatic hydroxyl groups excluding tert-OH is 1. The Morgan fingerprint density at radius 3 is 1.73 bits per heavy atom. The van der Waals surface area contributed by atoms with Crippen LogP contribution in [0.2, 0.25) is 0 Å². The van der Waals surface area contributed by atoms with E-state index >= 15 is 0 Å². The fourth-order valence-corrected chi connectivity index (χ4v) is 10.1. The van der Waals surface area contributed by atoms with Gasteiger partial charge >= 0.3 is 0 Å². The van der Waals surface area contributed by atoms with Gasteiger partial charge in [-0.15, -0.1) is 20.5 Å². The van der Waals surface area contributed by atoms with E-state index < -0.39 is 10.1 Å². The largest absolute Gasteiger partial charge is 0.494 e. The number of azo groups is 2. The summed E-state index contributed by atoms with van der Waals surface area (Å²) in [4.78, 5) is 27.3. The summed E-state index contributed by atoms with van der Waals surface area (Å²) in [6.07, 6.45) is 0. The molecule has 3 heterocycles. The van der Waals surface area contributed by atoms with E-state index in [2.05, 4.69) is 70.8 Å². The van der Waals surface area contributed by atoms with Crippen LogP contribution in [0.1, 0.15) is 38.8 Å². The lowest BCUT2D eigenvalue weighted by molar-refractivity contribution is 0.322. The molecule has 4 N–H and O–H groups in total. The highest BCUT2D eigenvalue weighted by molar-refractivity contribution is 7.99. The summed E-state index contributed by atoms with van der Waals surface area (Å²) in [6.45, 7) is 14.6. The Kier molecular flexibility index (Phi) is 15.2. The maximum atomic E-state index is 12.2. The number of thiazole rings is 2. The molecule has 0 saturated heterocycles. The molecule has 0 amide bonds. The van der Waals surface area contributed by atoms with E-state index in [1.807, 2.05) is 45.0 Å². The second kappa shape index (κ2) is 21.0. The summed E-state index contributed by atoms with van der Waals surface area (Å²) in [7, 11) is -1.39. The first-order valence-electron chi connectivity index (χ1n) is 20.8. The number of methoxy groups -OCH3 is 2. The molecule has 23 heteroatoms. The Morgan fingerprint density at radius 1 is 0.682 bits per heavy atom. The van der Waals surface area contributed by atoms with Crippen LogP contribution >= 0.6 is 34.4 Å². The standard InChI is InChI=1S/C43H49N13O6S4/c1-9-55(10-2)31-20-27(29(22-33(31)61-7)51-53-42-46-26-14-13-24(5)17-35(26)64-42)44-39-48-40(50-41(49-39)63-16-15-57)45-28-21-32(56(11-3)12-4)34(62-8)23-30(28)52-54-43-47-38-36(65-43)18-25(6)19-37(38)66(58,59)60/h13-14,17-23,57H,9-12,15-16H2,1-8H3,(H,58,59,60)(H2,44,45,48,49,50)/b53-51+,54-52+. The smallest absolute Gasteiger partial charge is 0.296 e. The highest BCUT2D eigenvalue weighted by atomic mass is 32.2. The minimum Gasteiger partial charge on any atom is -0.494 e. The van der Waals surface area contributed by atoms with Gasteiger partial charge in [-0.3, -0.25) is 4.55 Å². The second-order valence-corrected chi connectivity index (χ2v) is 18.9. The maximum Gasteiger partial charge on any atom is 0.296 e. The van der Waals surface area contributed by atoms with E-state index in [4.69, 9.17) is 24.4 Å². The average Bonchev–Trinajstić information content (AvgIpc) is 3.90. The number of aliphatic hydroxyl groups is 1. The van der Waals surface area contributed by atoms with Crippen molar-refractivity contribution in [1.29, 1.82) is 0 Å². The predicted molar refractivity (Wildman–Crippen MR) is 264 cm³/mol. The van der Waals surface area contributed by atoms with Crippen LogP contribution in [0.5, 0.6) is 11.5 Å². The minimum absolute atomic E-state index is 0.0884. The van der Waals surface area contributed by atoms with E-state index in [9.17, 15) is 18.1 Å². The van der Waals surface area contributed by atoms with Crippen LogP contribution in [0, 0.1) is 13.8 Å². The Hall–Kier alpha value is -6.11. The first kappa shape index (κ1) is 47.8. The van der Waals surface area contributed by atoms with Gasteiger partial charge in [0.1, 0.15) is 33.3 Å². The fraction of sp³-hybridized carbons (Fsp3) is 0.326.